The predicted octanol–water partition coefficient (Wildman–Crippen LogP) is 5.68. The average molecular weight is 335 g/mol. The van der Waals surface area contributed by atoms with E-state index in [2.05, 4.69) is 11.1 Å². The molecule has 0 radical (unpaired) electrons. The number of aromatic nitrogens is 1. The van der Waals surface area contributed by atoms with Crippen molar-refractivity contribution in [2.75, 3.05) is 0 Å². The first-order valence-electron chi connectivity index (χ1n) is 7.61. The third-order valence-corrected chi connectivity index (χ3v) is 4.80. The molecule has 0 saturated heterocycles. The van der Waals surface area contributed by atoms with Crippen molar-refractivity contribution in [1.29, 1.82) is 0 Å². The van der Waals surface area contributed by atoms with E-state index >= 15 is 0 Å². The molecule has 2 nitrogen and oxygen atoms in total. The number of para-hydroxylation sites is 1. The summed E-state index contributed by atoms with van der Waals surface area (Å²) in [5.41, 5.74) is 3.03. The van der Waals surface area contributed by atoms with Gasteiger partial charge in [0.1, 0.15) is 23.2 Å². The van der Waals surface area contributed by atoms with Crippen molar-refractivity contribution in [1.82, 2.24) is 4.98 Å². The Morgan fingerprint density at radius 1 is 0.875 bits per heavy atom. The van der Waals surface area contributed by atoms with Crippen LogP contribution in [0, 0.1) is 5.82 Å². The second-order valence-corrected chi connectivity index (χ2v) is 6.46. The maximum absolute atomic E-state index is 12.9. The van der Waals surface area contributed by atoms with Crippen molar-refractivity contribution < 1.29 is 9.13 Å². The molecule has 0 aliphatic rings. The van der Waals surface area contributed by atoms with E-state index in [-0.39, 0.29) is 5.82 Å². The fourth-order valence-corrected chi connectivity index (χ4v) is 3.41. The van der Waals surface area contributed by atoms with Crippen LogP contribution in [0.15, 0.2) is 72.8 Å². The Labute approximate surface area is 143 Å². The molecular weight excluding hydrogens is 321 g/mol. The number of benzene rings is 3. The van der Waals surface area contributed by atoms with E-state index in [9.17, 15) is 4.39 Å². The highest BCUT2D eigenvalue weighted by Crippen LogP contribution is 2.30. The van der Waals surface area contributed by atoms with Crippen LogP contribution < -0.4 is 4.74 Å². The molecule has 24 heavy (non-hydrogen) atoms. The van der Waals surface area contributed by atoms with Crippen molar-refractivity contribution in [3.8, 4) is 16.3 Å². The number of halogens is 1. The van der Waals surface area contributed by atoms with Gasteiger partial charge in [0, 0.05) is 5.56 Å². The number of thiazole rings is 1. The van der Waals surface area contributed by atoms with Gasteiger partial charge in [-0.15, -0.1) is 11.3 Å². The molecule has 0 amide bonds. The third kappa shape index (κ3) is 3.14. The molecule has 1 aromatic heterocycles. The van der Waals surface area contributed by atoms with Crippen molar-refractivity contribution in [3.05, 3.63) is 84.2 Å². The highest BCUT2D eigenvalue weighted by Gasteiger charge is 2.06. The van der Waals surface area contributed by atoms with E-state index in [1.54, 1.807) is 23.5 Å². The lowest BCUT2D eigenvalue weighted by atomic mass is 10.2. The van der Waals surface area contributed by atoms with E-state index < -0.39 is 0 Å². The van der Waals surface area contributed by atoms with Gasteiger partial charge in [-0.2, -0.15) is 0 Å². The minimum Gasteiger partial charge on any atom is -0.489 e. The van der Waals surface area contributed by atoms with E-state index in [0.29, 0.717) is 6.61 Å². The topological polar surface area (TPSA) is 22.1 Å². The summed E-state index contributed by atoms with van der Waals surface area (Å²) in [4.78, 5) is 4.66. The summed E-state index contributed by atoms with van der Waals surface area (Å²) in [6.07, 6.45) is 0. The fourth-order valence-electron chi connectivity index (χ4n) is 2.44. The minimum absolute atomic E-state index is 0.237. The summed E-state index contributed by atoms with van der Waals surface area (Å²) in [7, 11) is 0. The number of ether oxygens (including phenoxy) is 1. The van der Waals surface area contributed by atoms with Gasteiger partial charge in [-0.3, -0.25) is 0 Å². The fraction of sp³-hybridized carbons (Fsp3) is 0.0500. The number of hydrogen-bond acceptors (Lipinski definition) is 3. The Hall–Kier alpha value is -2.72. The number of hydrogen-bond donors (Lipinski definition) is 0. The van der Waals surface area contributed by atoms with Crippen LogP contribution in [0.5, 0.6) is 5.75 Å². The third-order valence-electron chi connectivity index (χ3n) is 3.71. The molecule has 4 rings (SSSR count). The van der Waals surface area contributed by atoms with Gasteiger partial charge >= 0.3 is 0 Å². The van der Waals surface area contributed by atoms with Gasteiger partial charge in [-0.1, -0.05) is 24.3 Å². The second-order valence-electron chi connectivity index (χ2n) is 5.43. The molecule has 1 heterocycles. The van der Waals surface area contributed by atoms with Gasteiger partial charge in [0.25, 0.3) is 0 Å². The lowest BCUT2D eigenvalue weighted by Gasteiger charge is -2.06. The first kappa shape index (κ1) is 14.8. The molecule has 0 bridgehead atoms. The van der Waals surface area contributed by atoms with Crippen molar-refractivity contribution >= 4 is 21.6 Å². The maximum Gasteiger partial charge on any atom is 0.124 e. The zero-order valence-electron chi connectivity index (χ0n) is 12.8. The van der Waals surface area contributed by atoms with Crippen LogP contribution in [0.1, 0.15) is 5.56 Å². The molecule has 0 spiro atoms. The van der Waals surface area contributed by atoms with Crippen molar-refractivity contribution in [2.45, 2.75) is 6.61 Å². The van der Waals surface area contributed by atoms with E-state index in [1.807, 2.05) is 42.5 Å². The monoisotopic (exact) mass is 335 g/mol. The van der Waals surface area contributed by atoms with E-state index in [4.69, 9.17) is 4.74 Å². The highest BCUT2D eigenvalue weighted by molar-refractivity contribution is 7.21. The molecule has 118 valence electrons. The van der Waals surface area contributed by atoms with Gasteiger partial charge in [-0.25, -0.2) is 9.37 Å². The first-order chi connectivity index (χ1) is 11.8. The zero-order valence-corrected chi connectivity index (χ0v) is 13.6. The summed E-state index contributed by atoms with van der Waals surface area (Å²) in [6.45, 7) is 0.417. The average Bonchev–Trinajstić information content (AvgIpc) is 3.06. The number of fused-ring (bicyclic) bond motifs is 1. The smallest absolute Gasteiger partial charge is 0.124 e. The van der Waals surface area contributed by atoms with Gasteiger partial charge in [0.15, 0.2) is 0 Å². The SMILES string of the molecule is Fc1ccc(COc2ccc(-c3nc4ccccc4s3)cc2)cc1. The Kier molecular flexibility index (Phi) is 3.97. The first-order valence-corrected chi connectivity index (χ1v) is 8.43. The van der Waals surface area contributed by atoms with Crippen molar-refractivity contribution in [3.63, 3.8) is 0 Å². The van der Waals surface area contributed by atoms with E-state index in [0.717, 1.165) is 27.4 Å². The van der Waals surface area contributed by atoms with Crippen LogP contribution in [-0.2, 0) is 6.61 Å². The van der Waals surface area contributed by atoms with Crippen LogP contribution in [-0.4, -0.2) is 4.98 Å². The normalized spacial score (nSPS) is 10.9. The summed E-state index contributed by atoms with van der Waals surface area (Å²) in [5.74, 6) is 0.545. The van der Waals surface area contributed by atoms with Crippen LogP contribution in [0.25, 0.3) is 20.8 Å². The van der Waals surface area contributed by atoms with Gasteiger partial charge in [-0.05, 0) is 54.1 Å². The molecule has 0 fully saturated rings. The molecule has 0 unspecified atom stereocenters. The predicted molar refractivity (Wildman–Crippen MR) is 95.8 cm³/mol. The summed E-state index contributed by atoms with van der Waals surface area (Å²) in [6, 6.07) is 22.4. The molecule has 0 saturated carbocycles. The van der Waals surface area contributed by atoms with Crippen LogP contribution in [0.2, 0.25) is 0 Å². The molecule has 3 aromatic carbocycles. The van der Waals surface area contributed by atoms with Crippen LogP contribution >= 0.6 is 11.3 Å². The highest BCUT2D eigenvalue weighted by atomic mass is 32.1. The van der Waals surface area contributed by atoms with Crippen LogP contribution in [0.4, 0.5) is 4.39 Å². The summed E-state index contributed by atoms with van der Waals surface area (Å²) < 4.78 is 19.8. The van der Waals surface area contributed by atoms with Gasteiger partial charge in [0.2, 0.25) is 0 Å². The molecule has 0 aliphatic carbocycles. The molecular formula is C20H14FNOS. The molecule has 0 atom stereocenters. The quantitative estimate of drug-likeness (QED) is 0.478. The Balaban J connectivity index is 1.48. The Morgan fingerprint density at radius 2 is 1.62 bits per heavy atom. The lowest BCUT2D eigenvalue weighted by molar-refractivity contribution is 0.306. The Morgan fingerprint density at radius 3 is 2.38 bits per heavy atom. The number of rotatable bonds is 4. The van der Waals surface area contributed by atoms with Crippen LogP contribution in [0.3, 0.4) is 0 Å². The van der Waals surface area contributed by atoms with Crippen molar-refractivity contribution in [2.24, 2.45) is 0 Å². The summed E-state index contributed by atoms with van der Waals surface area (Å²) in [5, 5.41) is 1.00. The molecule has 4 aromatic rings. The molecule has 4 heteroatoms. The zero-order chi connectivity index (χ0) is 16.4. The van der Waals surface area contributed by atoms with E-state index in [1.165, 1.54) is 16.8 Å². The van der Waals surface area contributed by atoms with Gasteiger partial charge < -0.3 is 4.74 Å². The molecule has 0 aliphatic heterocycles. The Bertz CT molecular complexity index is 928. The minimum atomic E-state index is -0.237. The number of nitrogens with zero attached hydrogens (tertiary/aromatic N) is 1. The maximum atomic E-state index is 12.9. The second kappa shape index (κ2) is 6.42. The summed E-state index contributed by atoms with van der Waals surface area (Å²) >= 11 is 1.68. The standard InChI is InChI=1S/C20H14FNOS/c21-16-9-5-14(6-10-16)13-23-17-11-7-15(8-12-17)20-22-18-3-1-2-4-19(18)24-20/h1-12H,13H2. The lowest BCUT2D eigenvalue weighted by Crippen LogP contribution is -1.95. The molecule has 0 N–H and O–H groups in total. The van der Waals surface area contributed by atoms with Gasteiger partial charge in [0.05, 0.1) is 10.2 Å². The largest absolute Gasteiger partial charge is 0.489 e.